The molecule has 0 amide bonds. The van der Waals surface area contributed by atoms with E-state index in [4.69, 9.17) is 15.2 Å². The minimum atomic E-state index is -0.0537. The van der Waals surface area contributed by atoms with Crippen molar-refractivity contribution < 1.29 is 9.47 Å². The lowest BCUT2D eigenvalue weighted by Crippen LogP contribution is -2.31. The van der Waals surface area contributed by atoms with Gasteiger partial charge in [0.15, 0.2) is 11.5 Å². The second kappa shape index (κ2) is 5.83. The van der Waals surface area contributed by atoms with Crippen LogP contribution in [0.2, 0.25) is 0 Å². The largest absolute Gasteiger partial charge is 0.486 e. The van der Waals surface area contributed by atoms with E-state index in [9.17, 15) is 0 Å². The van der Waals surface area contributed by atoms with Crippen LogP contribution in [0.5, 0.6) is 11.5 Å². The number of nitrogens with two attached hydrogens (primary N) is 1. The number of hydrogen-bond acceptors (Lipinski definition) is 3. The van der Waals surface area contributed by atoms with E-state index < -0.39 is 0 Å². The lowest BCUT2D eigenvalue weighted by atomic mass is 9.95. The first-order valence-electron chi connectivity index (χ1n) is 7.14. The zero-order valence-electron chi connectivity index (χ0n) is 12.3. The monoisotopic (exact) mass is 263 g/mol. The first-order valence-corrected chi connectivity index (χ1v) is 7.14. The number of aryl methyl sites for hydroxylation is 2. The molecule has 106 valence electrons. The maximum atomic E-state index is 6.00. The van der Waals surface area contributed by atoms with E-state index in [1.165, 1.54) is 17.5 Å². The molecule has 1 aromatic carbocycles. The van der Waals surface area contributed by atoms with E-state index in [1.807, 2.05) is 0 Å². The van der Waals surface area contributed by atoms with Crippen molar-refractivity contribution in [3.8, 4) is 11.5 Å². The predicted molar refractivity (Wildman–Crippen MR) is 78.0 cm³/mol. The van der Waals surface area contributed by atoms with Crippen LogP contribution in [0, 0.1) is 6.92 Å². The van der Waals surface area contributed by atoms with Gasteiger partial charge in [-0.05, 0) is 63.3 Å². The highest BCUT2D eigenvalue weighted by Crippen LogP contribution is 2.33. The molecule has 1 aliphatic rings. The van der Waals surface area contributed by atoms with Gasteiger partial charge in [-0.25, -0.2) is 0 Å². The number of fused-ring (bicyclic) bond motifs is 1. The van der Waals surface area contributed by atoms with Crippen LogP contribution in [0.25, 0.3) is 0 Å². The molecule has 0 aliphatic carbocycles. The second-order valence-electron chi connectivity index (χ2n) is 6.12. The van der Waals surface area contributed by atoms with Gasteiger partial charge >= 0.3 is 0 Å². The summed E-state index contributed by atoms with van der Waals surface area (Å²) in [6, 6.07) is 4.23. The van der Waals surface area contributed by atoms with E-state index in [0.29, 0.717) is 13.2 Å². The third-order valence-electron chi connectivity index (χ3n) is 3.52. The molecule has 19 heavy (non-hydrogen) atoms. The minimum absolute atomic E-state index is 0.0537. The number of unbranched alkanes of at least 4 members (excludes halogenated alkanes) is 1. The summed E-state index contributed by atoms with van der Waals surface area (Å²) < 4.78 is 11.2. The molecule has 1 heterocycles. The van der Waals surface area contributed by atoms with Crippen molar-refractivity contribution in [2.75, 3.05) is 13.2 Å². The Hall–Kier alpha value is -1.22. The topological polar surface area (TPSA) is 44.5 Å². The predicted octanol–water partition coefficient (Wildman–Crippen LogP) is 3.22. The van der Waals surface area contributed by atoms with E-state index in [0.717, 1.165) is 30.8 Å². The fourth-order valence-electron chi connectivity index (χ4n) is 2.40. The highest BCUT2D eigenvalue weighted by atomic mass is 16.6. The van der Waals surface area contributed by atoms with Gasteiger partial charge in [-0.1, -0.05) is 6.42 Å². The summed E-state index contributed by atoms with van der Waals surface area (Å²) in [5, 5.41) is 0. The third kappa shape index (κ3) is 4.13. The summed E-state index contributed by atoms with van der Waals surface area (Å²) in [5.74, 6) is 1.78. The Kier molecular flexibility index (Phi) is 4.35. The smallest absolute Gasteiger partial charge is 0.161 e. The quantitative estimate of drug-likeness (QED) is 0.830. The van der Waals surface area contributed by atoms with Crippen LogP contribution in [0.15, 0.2) is 12.1 Å². The molecule has 0 radical (unpaired) electrons. The zero-order chi connectivity index (χ0) is 13.9. The fourth-order valence-corrected chi connectivity index (χ4v) is 2.40. The summed E-state index contributed by atoms with van der Waals surface area (Å²) in [6.45, 7) is 7.61. The SMILES string of the molecule is Cc1cc2c(cc1CCCCC(C)(C)N)OCCO2. The van der Waals surface area contributed by atoms with Crippen molar-refractivity contribution in [2.24, 2.45) is 5.73 Å². The molecule has 2 N–H and O–H groups in total. The summed E-state index contributed by atoms with van der Waals surface area (Å²) in [4.78, 5) is 0. The Morgan fingerprint density at radius 2 is 1.74 bits per heavy atom. The molecule has 0 saturated heterocycles. The Labute approximate surface area is 116 Å². The van der Waals surface area contributed by atoms with Gasteiger partial charge in [0.1, 0.15) is 13.2 Å². The molecular formula is C16H25NO2. The van der Waals surface area contributed by atoms with Crippen LogP contribution >= 0.6 is 0 Å². The van der Waals surface area contributed by atoms with Gasteiger partial charge in [0.25, 0.3) is 0 Å². The van der Waals surface area contributed by atoms with Crippen molar-refractivity contribution in [3.05, 3.63) is 23.3 Å². The van der Waals surface area contributed by atoms with Crippen LogP contribution in [-0.4, -0.2) is 18.8 Å². The van der Waals surface area contributed by atoms with Crippen LogP contribution in [0.3, 0.4) is 0 Å². The molecule has 3 nitrogen and oxygen atoms in total. The second-order valence-corrected chi connectivity index (χ2v) is 6.12. The molecule has 0 spiro atoms. The van der Waals surface area contributed by atoms with Crippen molar-refractivity contribution in [1.29, 1.82) is 0 Å². The number of benzene rings is 1. The fraction of sp³-hybridized carbons (Fsp3) is 0.625. The van der Waals surface area contributed by atoms with E-state index >= 15 is 0 Å². The molecule has 2 rings (SSSR count). The van der Waals surface area contributed by atoms with E-state index in [-0.39, 0.29) is 5.54 Å². The van der Waals surface area contributed by atoms with Crippen molar-refractivity contribution >= 4 is 0 Å². The van der Waals surface area contributed by atoms with Crippen LogP contribution < -0.4 is 15.2 Å². The highest BCUT2D eigenvalue weighted by molar-refractivity contribution is 5.47. The molecule has 0 bridgehead atoms. The van der Waals surface area contributed by atoms with Crippen molar-refractivity contribution in [2.45, 2.75) is 52.0 Å². The maximum absolute atomic E-state index is 6.00. The van der Waals surface area contributed by atoms with Gasteiger partial charge in [0, 0.05) is 5.54 Å². The lowest BCUT2D eigenvalue weighted by Gasteiger charge is -2.21. The summed E-state index contributed by atoms with van der Waals surface area (Å²) >= 11 is 0. The van der Waals surface area contributed by atoms with Crippen molar-refractivity contribution in [3.63, 3.8) is 0 Å². The van der Waals surface area contributed by atoms with Gasteiger partial charge in [-0.3, -0.25) is 0 Å². The van der Waals surface area contributed by atoms with Crippen LogP contribution in [0.1, 0.15) is 44.2 Å². The number of rotatable bonds is 5. The Bertz CT molecular complexity index is 435. The number of hydrogen-bond donors (Lipinski definition) is 1. The molecule has 0 fully saturated rings. The Balaban J connectivity index is 1.93. The summed E-state index contributed by atoms with van der Waals surface area (Å²) in [5.41, 5.74) is 8.59. The zero-order valence-corrected chi connectivity index (χ0v) is 12.3. The molecule has 1 aliphatic heterocycles. The molecule has 1 aromatic rings. The maximum Gasteiger partial charge on any atom is 0.161 e. The standard InChI is InChI=1S/C16H25NO2/c1-12-10-14-15(19-9-8-18-14)11-13(12)6-4-5-7-16(2,3)17/h10-11H,4-9,17H2,1-3H3. The van der Waals surface area contributed by atoms with Crippen LogP contribution in [-0.2, 0) is 6.42 Å². The molecule has 0 unspecified atom stereocenters. The molecule has 0 atom stereocenters. The van der Waals surface area contributed by atoms with Gasteiger partial charge in [0.05, 0.1) is 0 Å². The van der Waals surface area contributed by atoms with Gasteiger partial charge in [-0.15, -0.1) is 0 Å². The molecule has 3 heteroatoms. The number of ether oxygens (including phenoxy) is 2. The van der Waals surface area contributed by atoms with Crippen LogP contribution in [0.4, 0.5) is 0 Å². The van der Waals surface area contributed by atoms with Crippen molar-refractivity contribution in [1.82, 2.24) is 0 Å². The summed E-state index contributed by atoms with van der Waals surface area (Å²) in [7, 11) is 0. The van der Waals surface area contributed by atoms with Gasteiger partial charge < -0.3 is 15.2 Å². The Morgan fingerprint density at radius 1 is 1.11 bits per heavy atom. The average molecular weight is 263 g/mol. The molecule has 0 saturated carbocycles. The normalized spacial score (nSPS) is 14.5. The average Bonchev–Trinajstić information content (AvgIpc) is 2.33. The minimum Gasteiger partial charge on any atom is -0.486 e. The lowest BCUT2D eigenvalue weighted by molar-refractivity contribution is 0.171. The third-order valence-corrected chi connectivity index (χ3v) is 3.52. The Morgan fingerprint density at radius 3 is 2.37 bits per heavy atom. The highest BCUT2D eigenvalue weighted by Gasteiger charge is 2.14. The van der Waals surface area contributed by atoms with Gasteiger partial charge in [0.2, 0.25) is 0 Å². The van der Waals surface area contributed by atoms with Gasteiger partial charge in [-0.2, -0.15) is 0 Å². The summed E-state index contributed by atoms with van der Waals surface area (Å²) in [6.07, 6.45) is 4.48. The van der Waals surface area contributed by atoms with E-state index in [2.05, 4.69) is 32.9 Å². The molecule has 0 aromatic heterocycles. The molecular weight excluding hydrogens is 238 g/mol. The first-order chi connectivity index (χ1) is 8.96. The first kappa shape index (κ1) is 14.2. The van der Waals surface area contributed by atoms with E-state index in [1.54, 1.807) is 0 Å².